The van der Waals surface area contributed by atoms with Crippen LogP contribution < -0.4 is 5.32 Å². The third-order valence-electron chi connectivity index (χ3n) is 12.5. The first-order valence-electron chi connectivity index (χ1n) is 27.5. The molecular weight excluding hydrogens is 759 g/mol. The summed E-state index contributed by atoms with van der Waals surface area (Å²) in [5, 5.41) is 23.2. The molecule has 0 aliphatic heterocycles. The Morgan fingerprint density at radius 2 is 0.710 bits per heavy atom. The van der Waals surface area contributed by atoms with Gasteiger partial charge in [-0.05, 0) is 57.8 Å². The van der Waals surface area contributed by atoms with Gasteiger partial charge in [0.05, 0.1) is 18.8 Å². The minimum absolute atomic E-state index is 0.0291. The molecule has 0 aromatic heterocycles. The van der Waals surface area contributed by atoms with Gasteiger partial charge in [0, 0.05) is 6.42 Å². The molecule has 3 N–H and O–H groups in total. The van der Waals surface area contributed by atoms with Crippen LogP contribution in [0, 0.1) is 0 Å². The van der Waals surface area contributed by atoms with Gasteiger partial charge >= 0.3 is 0 Å². The predicted octanol–water partition coefficient (Wildman–Crippen LogP) is 18.0. The summed E-state index contributed by atoms with van der Waals surface area (Å²) in [6.07, 6.45) is 75.0. The number of hydrogen-bond acceptors (Lipinski definition) is 3. The van der Waals surface area contributed by atoms with Crippen molar-refractivity contribution in [3.8, 4) is 0 Å². The zero-order valence-corrected chi connectivity index (χ0v) is 41.6. The van der Waals surface area contributed by atoms with Crippen molar-refractivity contribution in [1.82, 2.24) is 5.32 Å². The molecule has 0 fully saturated rings. The van der Waals surface area contributed by atoms with Gasteiger partial charge in [-0.25, -0.2) is 0 Å². The standard InChI is InChI=1S/C58H107NO3/c1-3-5-7-9-11-13-15-16-17-18-19-20-21-22-23-24-25-26-27-28-29-30-31-32-33-34-35-36-37-38-39-40-41-42-44-46-48-50-52-54-58(62)59-56(55-60)57(61)53-51-49-47-45-43-14-12-10-8-6-4-2/h5,7,11,13,16-17,19-20,22-23,56-57,60-61H,3-4,6,8-10,12,14-15,18,21,24-55H2,1-2H3,(H,59,62)/b7-5-,13-11-,17-16-,20-19-,23-22-. The molecule has 0 saturated heterocycles. The molecule has 0 aliphatic carbocycles. The third-order valence-corrected chi connectivity index (χ3v) is 12.5. The number of hydrogen-bond donors (Lipinski definition) is 3. The molecule has 0 saturated carbocycles. The summed E-state index contributed by atoms with van der Waals surface area (Å²) in [6, 6.07) is -0.534. The van der Waals surface area contributed by atoms with Crippen LogP contribution in [0.25, 0.3) is 0 Å². The number of nitrogens with one attached hydrogen (secondary N) is 1. The second-order valence-corrected chi connectivity index (χ2v) is 18.6. The van der Waals surface area contributed by atoms with Crippen molar-refractivity contribution in [2.45, 2.75) is 296 Å². The number of carbonyl (C=O) groups is 1. The summed E-state index contributed by atoms with van der Waals surface area (Å²) in [6.45, 7) is 4.24. The van der Waals surface area contributed by atoms with Crippen molar-refractivity contribution in [3.63, 3.8) is 0 Å². The molecule has 362 valence electrons. The maximum absolute atomic E-state index is 12.4. The summed E-state index contributed by atoms with van der Waals surface area (Å²) in [7, 11) is 0. The average molecular weight is 866 g/mol. The van der Waals surface area contributed by atoms with Crippen molar-refractivity contribution in [2.24, 2.45) is 0 Å². The third kappa shape index (κ3) is 49.1. The lowest BCUT2D eigenvalue weighted by molar-refractivity contribution is -0.123. The van der Waals surface area contributed by atoms with Crippen molar-refractivity contribution < 1.29 is 15.0 Å². The highest BCUT2D eigenvalue weighted by molar-refractivity contribution is 5.76. The highest BCUT2D eigenvalue weighted by Crippen LogP contribution is 2.17. The van der Waals surface area contributed by atoms with Gasteiger partial charge in [-0.1, -0.05) is 280 Å². The zero-order chi connectivity index (χ0) is 44.9. The molecule has 0 rings (SSSR count). The fourth-order valence-corrected chi connectivity index (χ4v) is 8.39. The lowest BCUT2D eigenvalue weighted by Crippen LogP contribution is -2.45. The molecule has 4 heteroatoms. The van der Waals surface area contributed by atoms with Gasteiger partial charge in [-0.2, -0.15) is 0 Å². The largest absolute Gasteiger partial charge is 0.394 e. The van der Waals surface area contributed by atoms with Crippen molar-refractivity contribution >= 4 is 5.91 Å². The van der Waals surface area contributed by atoms with Crippen LogP contribution >= 0.6 is 0 Å². The van der Waals surface area contributed by atoms with E-state index in [0.717, 1.165) is 57.8 Å². The maximum atomic E-state index is 12.4. The van der Waals surface area contributed by atoms with Gasteiger partial charge in [0.1, 0.15) is 0 Å². The zero-order valence-electron chi connectivity index (χ0n) is 41.6. The lowest BCUT2D eigenvalue weighted by Gasteiger charge is -2.22. The first-order valence-corrected chi connectivity index (χ1v) is 27.5. The quantitative estimate of drug-likeness (QED) is 0.0421. The van der Waals surface area contributed by atoms with Gasteiger partial charge in [0.25, 0.3) is 0 Å². The molecule has 0 aromatic carbocycles. The van der Waals surface area contributed by atoms with E-state index in [1.807, 2.05) is 0 Å². The average Bonchev–Trinajstić information content (AvgIpc) is 3.28. The summed E-state index contributed by atoms with van der Waals surface area (Å²) in [5.74, 6) is -0.0291. The topological polar surface area (TPSA) is 69.6 Å². The Morgan fingerprint density at radius 1 is 0.403 bits per heavy atom. The Kier molecular flexibility index (Phi) is 51.8. The molecule has 2 unspecified atom stereocenters. The molecule has 62 heavy (non-hydrogen) atoms. The van der Waals surface area contributed by atoms with E-state index in [4.69, 9.17) is 0 Å². The number of amides is 1. The van der Waals surface area contributed by atoms with E-state index in [1.165, 1.54) is 199 Å². The van der Waals surface area contributed by atoms with E-state index in [-0.39, 0.29) is 12.5 Å². The first-order chi connectivity index (χ1) is 30.7. The molecule has 0 spiro atoms. The van der Waals surface area contributed by atoms with Gasteiger partial charge in [-0.15, -0.1) is 0 Å². The molecule has 0 radical (unpaired) electrons. The molecule has 1 amide bonds. The van der Waals surface area contributed by atoms with E-state index >= 15 is 0 Å². The maximum Gasteiger partial charge on any atom is 0.220 e. The number of rotatable bonds is 50. The fraction of sp³-hybridized carbons (Fsp3) is 0.810. The highest BCUT2D eigenvalue weighted by atomic mass is 16.3. The minimum atomic E-state index is -0.657. The molecule has 4 nitrogen and oxygen atoms in total. The molecule has 0 aliphatic rings. The SMILES string of the molecule is CC/C=C\C/C=C\C/C=C\C/C=C\C/C=C\CCCCCCCCCCCCCCCCCCCCCCCCCC(=O)NC(CO)C(O)CCCCCCCCCCCCC. The predicted molar refractivity (Wildman–Crippen MR) is 276 cm³/mol. The van der Waals surface area contributed by atoms with Crippen LogP contribution in [0.15, 0.2) is 60.8 Å². The van der Waals surface area contributed by atoms with Crippen molar-refractivity contribution in [2.75, 3.05) is 6.61 Å². The van der Waals surface area contributed by atoms with Gasteiger partial charge in [0.15, 0.2) is 0 Å². The van der Waals surface area contributed by atoms with Crippen LogP contribution in [0.2, 0.25) is 0 Å². The Hall–Kier alpha value is -1.91. The second kappa shape index (κ2) is 53.4. The molecular formula is C58H107NO3. The monoisotopic (exact) mass is 866 g/mol. The molecule has 0 bridgehead atoms. The van der Waals surface area contributed by atoms with E-state index in [9.17, 15) is 15.0 Å². The number of unbranched alkanes of at least 4 members (excludes halogenated alkanes) is 33. The van der Waals surface area contributed by atoms with Crippen LogP contribution in [0.4, 0.5) is 0 Å². The minimum Gasteiger partial charge on any atom is -0.394 e. The number of aliphatic hydroxyl groups excluding tert-OH is 2. The van der Waals surface area contributed by atoms with Crippen LogP contribution in [0.3, 0.4) is 0 Å². The fourth-order valence-electron chi connectivity index (χ4n) is 8.39. The lowest BCUT2D eigenvalue weighted by atomic mass is 10.0. The van der Waals surface area contributed by atoms with E-state index < -0.39 is 12.1 Å². The highest BCUT2D eigenvalue weighted by Gasteiger charge is 2.20. The van der Waals surface area contributed by atoms with Gasteiger partial charge in [-0.3, -0.25) is 4.79 Å². The van der Waals surface area contributed by atoms with Crippen LogP contribution in [-0.2, 0) is 4.79 Å². The molecule has 2 atom stereocenters. The van der Waals surface area contributed by atoms with E-state index in [0.29, 0.717) is 12.8 Å². The second-order valence-electron chi connectivity index (χ2n) is 18.6. The van der Waals surface area contributed by atoms with E-state index in [1.54, 1.807) is 0 Å². The van der Waals surface area contributed by atoms with Crippen molar-refractivity contribution in [1.29, 1.82) is 0 Å². The Labute approximate surface area is 387 Å². The summed E-state index contributed by atoms with van der Waals surface area (Å²) < 4.78 is 0. The first kappa shape index (κ1) is 60.1. The normalized spacial score (nSPS) is 13.3. The van der Waals surface area contributed by atoms with E-state index in [2.05, 4.69) is 79.9 Å². The Bertz CT molecular complexity index is 1030. The van der Waals surface area contributed by atoms with Crippen molar-refractivity contribution in [3.05, 3.63) is 60.8 Å². The number of carbonyl (C=O) groups excluding carboxylic acids is 1. The van der Waals surface area contributed by atoms with Crippen LogP contribution in [0.1, 0.15) is 284 Å². The van der Waals surface area contributed by atoms with Crippen LogP contribution in [-0.4, -0.2) is 34.9 Å². The smallest absolute Gasteiger partial charge is 0.220 e. The summed E-state index contributed by atoms with van der Waals surface area (Å²) in [4.78, 5) is 12.4. The van der Waals surface area contributed by atoms with Crippen LogP contribution in [0.5, 0.6) is 0 Å². The molecule has 0 heterocycles. The number of aliphatic hydroxyl groups is 2. The Morgan fingerprint density at radius 3 is 1.06 bits per heavy atom. The van der Waals surface area contributed by atoms with Gasteiger partial charge in [0.2, 0.25) is 5.91 Å². The molecule has 0 aromatic rings. The summed E-state index contributed by atoms with van der Waals surface area (Å²) in [5.41, 5.74) is 0. The number of allylic oxidation sites excluding steroid dienone is 10. The van der Waals surface area contributed by atoms with Gasteiger partial charge < -0.3 is 15.5 Å². The Balaban J connectivity index is 3.38. The summed E-state index contributed by atoms with van der Waals surface area (Å²) >= 11 is 0.